The Labute approximate surface area is 102 Å². The van der Waals surface area contributed by atoms with Crippen LogP contribution in [-0.2, 0) is 6.42 Å². The Bertz CT molecular complexity index is 483. The van der Waals surface area contributed by atoms with Crippen LogP contribution in [0.15, 0.2) is 24.4 Å². The lowest BCUT2D eigenvalue weighted by Crippen LogP contribution is -2.29. The highest BCUT2D eigenvalue weighted by Crippen LogP contribution is 2.19. The van der Waals surface area contributed by atoms with Crippen molar-refractivity contribution in [3.05, 3.63) is 30.0 Å². The third kappa shape index (κ3) is 2.50. The van der Waals surface area contributed by atoms with Crippen molar-refractivity contribution in [2.45, 2.75) is 25.7 Å². The molecule has 90 valence electrons. The topological polar surface area (TPSA) is 40.7 Å². The standard InChI is InChI=1S/C14H19N3/c1-2-12(9-15-7-1)4-3-11-5-6-14-13(8-11)10-16-17-14/h5-6,8,10,12,15H,1-4,7,9H2,(H,16,17). The molecule has 0 saturated carbocycles. The zero-order valence-electron chi connectivity index (χ0n) is 10.1. The summed E-state index contributed by atoms with van der Waals surface area (Å²) in [7, 11) is 0. The molecule has 1 aliphatic rings. The second-order valence-corrected chi connectivity index (χ2v) is 5.04. The molecule has 3 rings (SSSR count). The number of rotatable bonds is 3. The second-order valence-electron chi connectivity index (χ2n) is 5.04. The van der Waals surface area contributed by atoms with E-state index in [4.69, 9.17) is 0 Å². The normalized spacial score (nSPS) is 20.8. The molecule has 1 fully saturated rings. The molecule has 0 spiro atoms. The van der Waals surface area contributed by atoms with Crippen LogP contribution in [0.5, 0.6) is 0 Å². The van der Waals surface area contributed by atoms with Crippen LogP contribution >= 0.6 is 0 Å². The Hall–Kier alpha value is -1.35. The molecule has 0 radical (unpaired) electrons. The Morgan fingerprint density at radius 2 is 2.35 bits per heavy atom. The molecule has 1 aliphatic heterocycles. The fraction of sp³-hybridized carbons (Fsp3) is 0.500. The lowest BCUT2D eigenvalue weighted by molar-refractivity contribution is 0.358. The SMILES string of the molecule is c1cc2[nH]ncc2cc1CCC1CCCNC1. The van der Waals surface area contributed by atoms with E-state index in [-0.39, 0.29) is 0 Å². The summed E-state index contributed by atoms with van der Waals surface area (Å²) in [6, 6.07) is 6.61. The molecule has 0 amide bonds. The number of aryl methyl sites for hydroxylation is 1. The molecule has 1 atom stereocenters. The highest BCUT2D eigenvalue weighted by atomic mass is 15.1. The summed E-state index contributed by atoms with van der Waals surface area (Å²) < 4.78 is 0. The van der Waals surface area contributed by atoms with Crippen molar-refractivity contribution in [3.8, 4) is 0 Å². The Kier molecular flexibility index (Phi) is 3.10. The van der Waals surface area contributed by atoms with Gasteiger partial charge in [0.1, 0.15) is 0 Å². The lowest BCUT2D eigenvalue weighted by Gasteiger charge is -2.22. The summed E-state index contributed by atoms with van der Waals surface area (Å²) in [6.45, 7) is 2.41. The van der Waals surface area contributed by atoms with Crippen LogP contribution in [0.2, 0.25) is 0 Å². The van der Waals surface area contributed by atoms with Crippen LogP contribution in [0, 0.1) is 5.92 Å². The van der Waals surface area contributed by atoms with Crippen molar-refractivity contribution < 1.29 is 0 Å². The molecule has 17 heavy (non-hydrogen) atoms. The van der Waals surface area contributed by atoms with Crippen LogP contribution in [0.1, 0.15) is 24.8 Å². The first-order valence-corrected chi connectivity index (χ1v) is 6.54. The molecule has 1 aromatic heterocycles. The van der Waals surface area contributed by atoms with Crippen LogP contribution < -0.4 is 5.32 Å². The molecule has 2 aromatic rings. The van der Waals surface area contributed by atoms with Gasteiger partial charge in [-0.1, -0.05) is 6.07 Å². The van der Waals surface area contributed by atoms with Gasteiger partial charge in [0, 0.05) is 5.39 Å². The first-order valence-electron chi connectivity index (χ1n) is 6.54. The number of hydrogen-bond acceptors (Lipinski definition) is 2. The number of nitrogens with zero attached hydrogens (tertiary/aromatic N) is 1. The molecular formula is C14H19N3. The third-order valence-corrected chi connectivity index (χ3v) is 3.74. The molecule has 2 heterocycles. The van der Waals surface area contributed by atoms with E-state index in [9.17, 15) is 0 Å². The summed E-state index contributed by atoms with van der Waals surface area (Å²) >= 11 is 0. The number of aromatic nitrogens is 2. The van der Waals surface area contributed by atoms with E-state index in [1.807, 2.05) is 6.20 Å². The average Bonchev–Trinajstić information content (AvgIpc) is 2.85. The Balaban J connectivity index is 1.63. The maximum atomic E-state index is 4.06. The van der Waals surface area contributed by atoms with Gasteiger partial charge in [-0.3, -0.25) is 5.10 Å². The largest absolute Gasteiger partial charge is 0.316 e. The minimum absolute atomic E-state index is 0.865. The number of H-pyrrole nitrogens is 1. The van der Waals surface area contributed by atoms with Crippen molar-refractivity contribution in [1.29, 1.82) is 0 Å². The molecule has 1 aromatic carbocycles. The summed E-state index contributed by atoms with van der Waals surface area (Å²) in [5.74, 6) is 0.865. The summed E-state index contributed by atoms with van der Waals surface area (Å²) in [5, 5.41) is 11.8. The zero-order valence-corrected chi connectivity index (χ0v) is 10.1. The van der Waals surface area contributed by atoms with Gasteiger partial charge in [-0.05, 0) is 62.4 Å². The molecule has 2 N–H and O–H groups in total. The zero-order chi connectivity index (χ0) is 11.5. The second kappa shape index (κ2) is 4.88. The average molecular weight is 229 g/mol. The van der Waals surface area contributed by atoms with Gasteiger partial charge in [-0.15, -0.1) is 0 Å². The highest BCUT2D eigenvalue weighted by Gasteiger charge is 2.12. The van der Waals surface area contributed by atoms with Crippen molar-refractivity contribution in [3.63, 3.8) is 0 Å². The summed E-state index contributed by atoms with van der Waals surface area (Å²) in [6.07, 6.45) is 7.12. The van der Waals surface area contributed by atoms with Gasteiger partial charge in [0.15, 0.2) is 0 Å². The number of fused-ring (bicyclic) bond motifs is 1. The summed E-state index contributed by atoms with van der Waals surface area (Å²) in [4.78, 5) is 0. The molecule has 0 aliphatic carbocycles. The predicted octanol–water partition coefficient (Wildman–Crippen LogP) is 2.50. The lowest BCUT2D eigenvalue weighted by atomic mass is 9.92. The summed E-state index contributed by atoms with van der Waals surface area (Å²) in [5.41, 5.74) is 2.57. The monoisotopic (exact) mass is 229 g/mol. The Morgan fingerprint density at radius 3 is 3.24 bits per heavy atom. The van der Waals surface area contributed by atoms with Crippen molar-refractivity contribution in [2.75, 3.05) is 13.1 Å². The van der Waals surface area contributed by atoms with E-state index in [0.717, 1.165) is 11.4 Å². The van der Waals surface area contributed by atoms with Crippen molar-refractivity contribution >= 4 is 10.9 Å². The van der Waals surface area contributed by atoms with Gasteiger partial charge in [-0.2, -0.15) is 5.10 Å². The number of nitrogens with one attached hydrogen (secondary N) is 2. The highest BCUT2D eigenvalue weighted by molar-refractivity contribution is 5.78. The number of hydrogen-bond donors (Lipinski definition) is 2. The molecule has 3 heteroatoms. The van der Waals surface area contributed by atoms with Crippen LogP contribution in [0.25, 0.3) is 10.9 Å². The van der Waals surface area contributed by atoms with Crippen molar-refractivity contribution in [2.24, 2.45) is 5.92 Å². The van der Waals surface area contributed by atoms with E-state index in [1.165, 1.54) is 49.7 Å². The van der Waals surface area contributed by atoms with E-state index < -0.39 is 0 Å². The first-order chi connectivity index (χ1) is 8.42. The van der Waals surface area contributed by atoms with Crippen LogP contribution in [0.3, 0.4) is 0 Å². The van der Waals surface area contributed by atoms with Gasteiger partial charge in [0.05, 0.1) is 11.7 Å². The molecule has 1 unspecified atom stereocenters. The van der Waals surface area contributed by atoms with E-state index >= 15 is 0 Å². The van der Waals surface area contributed by atoms with Gasteiger partial charge in [0.25, 0.3) is 0 Å². The first kappa shape index (κ1) is 10.8. The number of aromatic amines is 1. The quantitative estimate of drug-likeness (QED) is 0.849. The van der Waals surface area contributed by atoms with Gasteiger partial charge in [0.2, 0.25) is 0 Å². The van der Waals surface area contributed by atoms with Gasteiger partial charge in [-0.25, -0.2) is 0 Å². The minimum atomic E-state index is 0.865. The molecular weight excluding hydrogens is 210 g/mol. The molecule has 3 nitrogen and oxygen atoms in total. The fourth-order valence-corrected chi connectivity index (χ4v) is 2.69. The number of piperidine rings is 1. The maximum absolute atomic E-state index is 4.06. The smallest absolute Gasteiger partial charge is 0.0650 e. The van der Waals surface area contributed by atoms with Crippen molar-refractivity contribution in [1.82, 2.24) is 15.5 Å². The Morgan fingerprint density at radius 1 is 1.35 bits per heavy atom. The van der Waals surface area contributed by atoms with Crippen LogP contribution in [0.4, 0.5) is 0 Å². The van der Waals surface area contributed by atoms with Gasteiger partial charge < -0.3 is 5.32 Å². The van der Waals surface area contributed by atoms with E-state index in [1.54, 1.807) is 0 Å². The van der Waals surface area contributed by atoms with Crippen LogP contribution in [-0.4, -0.2) is 23.3 Å². The molecule has 1 saturated heterocycles. The predicted molar refractivity (Wildman–Crippen MR) is 70.0 cm³/mol. The van der Waals surface area contributed by atoms with Gasteiger partial charge >= 0.3 is 0 Å². The maximum Gasteiger partial charge on any atom is 0.0650 e. The molecule has 0 bridgehead atoms. The fourth-order valence-electron chi connectivity index (χ4n) is 2.69. The minimum Gasteiger partial charge on any atom is -0.316 e. The number of benzene rings is 1. The third-order valence-electron chi connectivity index (χ3n) is 3.74. The van der Waals surface area contributed by atoms with E-state index in [2.05, 4.69) is 33.7 Å². The van der Waals surface area contributed by atoms with E-state index in [0.29, 0.717) is 0 Å².